The standard InChI is InChI=1S/C22H22BrFN6O2S/c1-14-20(21(31)29-27-8-3-9-32-2)28-22(33-14)30(17-6-4-15(11-25)5-7-17)13-19-18(24)10-16(23)12-26-19/h4-7,10,12,27H,3,8-9,13H2,1-2H3,(H,29,31). The first-order valence-corrected chi connectivity index (χ1v) is 11.6. The van der Waals surface area contributed by atoms with Gasteiger partial charge in [0.1, 0.15) is 11.5 Å². The quantitative estimate of drug-likeness (QED) is 0.297. The van der Waals surface area contributed by atoms with Crippen LogP contribution in [0.4, 0.5) is 15.2 Å². The lowest BCUT2D eigenvalue weighted by molar-refractivity contribution is 0.0925. The molecule has 1 amide bonds. The zero-order valence-corrected chi connectivity index (χ0v) is 20.5. The highest BCUT2D eigenvalue weighted by molar-refractivity contribution is 9.10. The van der Waals surface area contributed by atoms with Gasteiger partial charge in [0.15, 0.2) is 5.13 Å². The molecule has 172 valence electrons. The lowest BCUT2D eigenvalue weighted by Gasteiger charge is -2.22. The fraction of sp³-hybridized carbons (Fsp3) is 0.273. The summed E-state index contributed by atoms with van der Waals surface area (Å²) in [5.74, 6) is -0.824. The largest absolute Gasteiger partial charge is 0.385 e. The Kier molecular flexibility index (Phi) is 8.85. The number of hydrogen-bond acceptors (Lipinski definition) is 8. The van der Waals surface area contributed by atoms with E-state index in [9.17, 15) is 9.18 Å². The van der Waals surface area contributed by atoms with Crippen molar-refractivity contribution in [2.75, 3.05) is 25.2 Å². The maximum atomic E-state index is 14.5. The minimum Gasteiger partial charge on any atom is -0.385 e. The molecule has 1 aromatic carbocycles. The summed E-state index contributed by atoms with van der Waals surface area (Å²) in [6, 6.07) is 10.3. The number of anilines is 2. The summed E-state index contributed by atoms with van der Waals surface area (Å²) in [6.07, 6.45) is 2.27. The molecule has 0 fully saturated rings. The van der Waals surface area contributed by atoms with Crippen molar-refractivity contribution in [3.63, 3.8) is 0 Å². The first kappa shape index (κ1) is 24.7. The molecule has 11 heteroatoms. The van der Waals surface area contributed by atoms with E-state index < -0.39 is 5.82 Å². The molecule has 0 unspecified atom stereocenters. The molecule has 0 aliphatic carbocycles. The number of benzene rings is 1. The molecule has 33 heavy (non-hydrogen) atoms. The second kappa shape index (κ2) is 11.8. The molecule has 2 aromatic heterocycles. The van der Waals surface area contributed by atoms with Gasteiger partial charge in [-0.15, -0.1) is 11.3 Å². The average molecular weight is 533 g/mol. The number of amides is 1. The third-order valence-electron chi connectivity index (χ3n) is 4.58. The Hall–Kier alpha value is -2.91. The van der Waals surface area contributed by atoms with Gasteiger partial charge in [-0.25, -0.2) is 14.8 Å². The zero-order valence-electron chi connectivity index (χ0n) is 18.1. The second-order valence-electron chi connectivity index (χ2n) is 6.96. The van der Waals surface area contributed by atoms with Crippen LogP contribution < -0.4 is 15.8 Å². The van der Waals surface area contributed by atoms with Crippen molar-refractivity contribution in [2.45, 2.75) is 19.9 Å². The Labute approximate surface area is 203 Å². The molecule has 0 atom stereocenters. The molecule has 0 saturated carbocycles. The lowest BCUT2D eigenvalue weighted by atomic mass is 10.2. The van der Waals surface area contributed by atoms with Crippen molar-refractivity contribution in [2.24, 2.45) is 0 Å². The predicted molar refractivity (Wildman–Crippen MR) is 128 cm³/mol. The van der Waals surface area contributed by atoms with Crippen LogP contribution in [0.15, 0.2) is 41.0 Å². The molecule has 8 nitrogen and oxygen atoms in total. The van der Waals surface area contributed by atoms with Gasteiger partial charge < -0.3 is 9.64 Å². The summed E-state index contributed by atoms with van der Waals surface area (Å²) in [5, 5.41) is 9.61. The number of carbonyl (C=O) groups excluding carboxylic acids is 1. The molecule has 0 bridgehead atoms. The van der Waals surface area contributed by atoms with Crippen LogP contribution in [-0.2, 0) is 11.3 Å². The van der Waals surface area contributed by atoms with Gasteiger partial charge in [-0.3, -0.25) is 15.2 Å². The summed E-state index contributed by atoms with van der Waals surface area (Å²) >= 11 is 4.53. The maximum Gasteiger partial charge on any atom is 0.285 e. The van der Waals surface area contributed by atoms with E-state index in [2.05, 4.69) is 42.8 Å². The van der Waals surface area contributed by atoms with E-state index in [1.807, 2.05) is 0 Å². The summed E-state index contributed by atoms with van der Waals surface area (Å²) in [4.78, 5) is 23.8. The van der Waals surface area contributed by atoms with Gasteiger partial charge in [0.25, 0.3) is 5.91 Å². The van der Waals surface area contributed by atoms with E-state index in [-0.39, 0.29) is 23.8 Å². The molecule has 0 aliphatic heterocycles. The normalized spacial score (nSPS) is 10.6. The third kappa shape index (κ3) is 6.55. The average Bonchev–Trinajstić information content (AvgIpc) is 3.20. The number of pyridine rings is 1. The van der Waals surface area contributed by atoms with Crippen LogP contribution in [0.25, 0.3) is 0 Å². The number of ether oxygens (including phenoxy) is 1. The molecule has 2 N–H and O–H groups in total. The van der Waals surface area contributed by atoms with E-state index in [0.29, 0.717) is 38.9 Å². The van der Waals surface area contributed by atoms with E-state index in [4.69, 9.17) is 10.00 Å². The van der Waals surface area contributed by atoms with Crippen molar-refractivity contribution in [3.8, 4) is 6.07 Å². The zero-order chi connectivity index (χ0) is 23.8. The fourth-order valence-corrected chi connectivity index (χ4v) is 4.14. The SMILES string of the molecule is COCCCNNC(=O)c1nc(N(Cc2ncc(Br)cc2F)c2ccc(C#N)cc2)sc1C. The van der Waals surface area contributed by atoms with Gasteiger partial charge in [0.05, 0.1) is 23.9 Å². The topological polar surface area (TPSA) is 103 Å². The highest BCUT2D eigenvalue weighted by atomic mass is 79.9. The Morgan fingerprint density at radius 2 is 2.12 bits per heavy atom. The fourth-order valence-electron chi connectivity index (χ4n) is 2.91. The van der Waals surface area contributed by atoms with Gasteiger partial charge in [-0.1, -0.05) is 0 Å². The molecular weight excluding hydrogens is 511 g/mol. The van der Waals surface area contributed by atoms with Crippen LogP contribution in [0.2, 0.25) is 0 Å². The number of nitrogens with zero attached hydrogens (tertiary/aromatic N) is 4. The lowest BCUT2D eigenvalue weighted by Crippen LogP contribution is -2.38. The molecule has 2 heterocycles. The number of halogens is 2. The minimum atomic E-state index is -0.463. The number of nitriles is 1. The van der Waals surface area contributed by atoms with Crippen LogP contribution in [0.1, 0.15) is 33.0 Å². The molecular formula is C22H22BrFN6O2S. The second-order valence-corrected chi connectivity index (χ2v) is 9.05. The molecule has 0 radical (unpaired) electrons. The summed E-state index contributed by atoms with van der Waals surface area (Å²) in [5.41, 5.74) is 7.19. The van der Waals surface area contributed by atoms with Crippen LogP contribution >= 0.6 is 27.3 Å². The number of hydrazine groups is 1. The first-order valence-electron chi connectivity index (χ1n) is 10.00. The number of rotatable bonds is 10. The number of carbonyl (C=O) groups is 1. The Morgan fingerprint density at radius 3 is 2.79 bits per heavy atom. The predicted octanol–water partition coefficient (Wildman–Crippen LogP) is 4.23. The molecule has 0 spiro atoms. The van der Waals surface area contributed by atoms with Gasteiger partial charge in [-0.2, -0.15) is 5.26 Å². The van der Waals surface area contributed by atoms with Gasteiger partial charge >= 0.3 is 0 Å². The van der Waals surface area contributed by atoms with E-state index >= 15 is 0 Å². The maximum absolute atomic E-state index is 14.5. The minimum absolute atomic E-state index is 0.0916. The third-order valence-corrected chi connectivity index (χ3v) is 6.01. The van der Waals surface area contributed by atoms with E-state index in [1.165, 1.54) is 23.6 Å². The Morgan fingerprint density at radius 1 is 1.36 bits per heavy atom. The number of methoxy groups -OCH3 is 1. The van der Waals surface area contributed by atoms with E-state index in [1.54, 1.807) is 43.2 Å². The van der Waals surface area contributed by atoms with Crippen LogP contribution in [0.3, 0.4) is 0 Å². The highest BCUT2D eigenvalue weighted by Crippen LogP contribution is 2.33. The van der Waals surface area contributed by atoms with E-state index in [0.717, 1.165) is 6.42 Å². The summed E-state index contributed by atoms with van der Waals surface area (Å²) in [6.45, 7) is 3.04. The monoisotopic (exact) mass is 532 g/mol. The van der Waals surface area contributed by atoms with Crippen molar-refractivity contribution in [1.29, 1.82) is 5.26 Å². The van der Waals surface area contributed by atoms with Crippen molar-refractivity contribution in [3.05, 3.63) is 68.6 Å². The van der Waals surface area contributed by atoms with Crippen molar-refractivity contribution < 1.29 is 13.9 Å². The Bertz CT molecular complexity index is 1150. The highest BCUT2D eigenvalue weighted by Gasteiger charge is 2.22. The first-order chi connectivity index (χ1) is 15.9. The number of hydrogen-bond donors (Lipinski definition) is 2. The van der Waals surface area contributed by atoms with Gasteiger partial charge in [-0.05, 0) is 59.6 Å². The number of nitrogens with one attached hydrogen (secondary N) is 2. The molecule has 0 saturated heterocycles. The Balaban J connectivity index is 1.88. The summed E-state index contributed by atoms with van der Waals surface area (Å²) in [7, 11) is 1.62. The van der Waals surface area contributed by atoms with Crippen LogP contribution in [0, 0.1) is 24.1 Å². The number of aromatic nitrogens is 2. The van der Waals surface area contributed by atoms with Crippen LogP contribution in [0.5, 0.6) is 0 Å². The number of aryl methyl sites for hydroxylation is 1. The summed E-state index contributed by atoms with van der Waals surface area (Å²) < 4.78 is 20.1. The van der Waals surface area contributed by atoms with Crippen LogP contribution in [-0.4, -0.2) is 36.1 Å². The number of thiazole rings is 1. The molecule has 3 aromatic rings. The van der Waals surface area contributed by atoms with Gasteiger partial charge in [0.2, 0.25) is 0 Å². The van der Waals surface area contributed by atoms with Gasteiger partial charge in [0, 0.05) is 41.5 Å². The molecule has 3 rings (SSSR count). The van der Waals surface area contributed by atoms with Crippen molar-refractivity contribution in [1.82, 2.24) is 20.8 Å². The molecule has 0 aliphatic rings. The van der Waals surface area contributed by atoms with Crippen molar-refractivity contribution >= 4 is 44.0 Å². The smallest absolute Gasteiger partial charge is 0.285 e.